The van der Waals surface area contributed by atoms with Gasteiger partial charge in [-0.2, -0.15) is 0 Å². The first-order chi connectivity index (χ1) is 13.5. The molecule has 1 aliphatic carbocycles. The van der Waals surface area contributed by atoms with Crippen LogP contribution in [0.1, 0.15) is 51.0 Å². The molecule has 0 atom stereocenters. The van der Waals surface area contributed by atoms with E-state index in [2.05, 4.69) is 6.08 Å². The van der Waals surface area contributed by atoms with Crippen molar-refractivity contribution in [2.24, 2.45) is 0 Å². The van der Waals surface area contributed by atoms with Gasteiger partial charge in [0.1, 0.15) is 0 Å². The maximum atomic E-state index is 12.9. The normalized spacial score (nSPS) is 13.5. The van der Waals surface area contributed by atoms with Crippen LogP contribution in [0.3, 0.4) is 0 Å². The summed E-state index contributed by atoms with van der Waals surface area (Å²) in [5.74, 6) is -0.558. The minimum absolute atomic E-state index is 0.0565. The summed E-state index contributed by atoms with van der Waals surface area (Å²) in [7, 11) is 0. The summed E-state index contributed by atoms with van der Waals surface area (Å²) < 4.78 is 4.96. The molecular weight excluding hydrogens is 360 g/mol. The fraction of sp³-hybridized carbons (Fsp3) is 0.524. The zero-order valence-corrected chi connectivity index (χ0v) is 16.4. The molecule has 0 saturated heterocycles. The number of carbonyl (C=O) groups excluding carboxylic acids is 2. The van der Waals surface area contributed by atoms with Crippen molar-refractivity contribution in [2.45, 2.75) is 51.9 Å². The van der Waals surface area contributed by atoms with E-state index in [1.54, 1.807) is 30.0 Å². The summed E-state index contributed by atoms with van der Waals surface area (Å²) in [5.41, 5.74) is 1.66. The van der Waals surface area contributed by atoms with Gasteiger partial charge in [-0.25, -0.2) is 0 Å². The zero-order chi connectivity index (χ0) is 20.4. The molecule has 2 rings (SSSR count). The minimum Gasteiger partial charge on any atom is -0.466 e. The molecule has 0 unspecified atom stereocenters. The van der Waals surface area contributed by atoms with E-state index in [4.69, 9.17) is 4.74 Å². The highest BCUT2D eigenvalue weighted by Gasteiger charge is 2.21. The summed E-state index contributed by atoms with van der Waals surface area (Å²) in [6.07, 6.45) is 7.55. The average molecular weight is 388 g/mol. The van der Waals surface area contributed by atoms with Gasteiger partial charge in [-0.3, -0.25) is 19.7 Å². The number of amides is 1. The largest absolute Gasteiger partial charge is 0.466 e. The Bertz CT molecular complexity index is 729. The quantitative estimate of drug-likeness (QED) is 0.263. The molecule has 0 spiro atoms. The van der Waals surface area contributed by atoms with Gasteiger partial charge in [-0.15, -0.1) is 0 Å². The molecule has 7 nitrogen and oxygen atoms in total. The molecule has 0 aliphatic heterocycles. The molecular formula is C21H28N2O5. The molecule has 152 valence electrons. The van der Waals surface area contributed by atoms with Gasteiger partial charge in [0.25, 0.3) is 5.69 Å². The fourth-order valence-corrected chi connectivity index (χ4v) is 3.34. The third-order valence-electron chi connectivity index (χ3n) is 4.86. The van der Waals surface area contributed by atoms with Crippen molar-refractivity contribution in [1.29, 1.82) is 0 Å². The number of carbonyl (C=O) groups is 2. The van der Waals surface area contributed by atoms with Crippen LogP contribution in [0.5, 0.6) is 0 Å². The van der Waals surface area contributed by atoms with Gasteiger partial charge in [0.15, 0.2) is 0 Å². The Morgan fingerprint density at radius 3 is 2.68 bits per heavy atom. The van der Waals surface area contributed by atoms with Crippen molar-refractivity contribution in [2.75, 3.05) is 19.7 Å². The number of nitrogens with zero attached hydrogens (tertiary/aromatic N) is 2. The number of ether oxygens (including phenoxy) is 1. The summed E-state index contributed by atoms with van der Waals surface area (Å²) in [5, 5.41) is 11.2. The fourth-order valence-electron chi connectivity index (χ4n) is 3.34. The Morgan fingerprint density at radius 2 is 2.00 bits per heavy atom. The third-order valence-corrected chi connectivity index (χ3v) is 4.86. The number of nitro groups is 1. The van der Waals surface area contributed by atoms with Gasteiger partial charge < -0.3 is 9.64 Å². The summed E-state index contributed by atoms with van der Waals surface area (Å²) >= 11 is 0. The van der Waals surface area contributed by atoms with Crippen molar-refractivity contribution in [3.8, 4) is 0 Å². The lowest BCUT2D eigenvalue weighted by Gasteiger charge is -2.24. The van der Waals surface area contributed by atoms with E-state index in [-0.39, 0.29) is 37.0 Å². The van der Waals surface area contributed by atoms with Crippen LogP contribution < -0.4 is 0 Å². The van der Waals surface area contributed by atoms with Crippen molar-refractivity contribution in [3.05, 3.63) is 51.6 Å². The van der Waals surface area contributed by atoms with Gasteiger partial charge in [0, 0.05) is 24.7 Å². The van der Waals surface area contributed by atoms with E-state index >= 15 is 0 Å². The first-order valence-corrected chi connectivity index (χ1v) is 9.85. The Hall–Kier alpha value is -2.70. The van der Waals surface area contributed by atoms with E-state index in [1.165, 1.54) is 24.5 Å². The maximum Gasteiger partial charge on any atom is 0.307 e. The molecule has 1 aliphatic rings. The Kier molecular flexibility index (Phi) is 8.65. The van der Waals surface area contributed by atoms with Crippen LogP contribution in [0.15, 0.2) is 35.9 Å². The van der Waals surface area contributed by atoms with Crippen molar-refractivity contribution >= 4 is 17.6 Å². The highest BCUT2D eigenvalue weighted by Crippen LogP contribution is 2.22. The molecule has 0 N–H and O–H groups in total. The number of esters is 1. The number of nitro benzene ring substituents is 1. The Balaban J connectivity index is 2.05. The molecule has 0 radical (unpaired) electrons. The van der Waals surface area contributed by atoms with Crippen LogP contribution >= 0.6 is 0 Å². The predicted molar refractivity (Wildman–Crippen MR) is 106 cm³/mol. The molecule has 28 heavy (non-hydrogen) atoms. The van der Waals surface area contributed by atoms with Gasteiger partial charge in [-0.05, 0) is 39.0 Å². The lowest BCUT2D eigenvalue weighted by molar-refractivity contribution is -0.385. The van der Waals surface area contributed by atoms with Crippen molar-refractivity contribution < 1.29 is 19.2 Å². The standard InChI is InChI=1S/C21H28N2O5/c1-2-28-21(25)13-15-22(14-12-17-8-4-3-5-9-17)20(24)16-18-10-6-7-11-19(18)23(26)27/h6-8,10-11H,2-5,9,12-16H2,1H3. The number of hydrogen-bond acceptors (Lipinski definition) is 5. The topological polar surface area (TPSA) is 89.8 Å². The van der Waals surface area contributed by atoms with Gasteiger partial charge in [0.2, 0.25) is 5.91 Å². The highest BCUT2D eigenvalue weighted by molar-refractivity contribution is 5.80. The third kappa shape index (κ3) is 6.79. The monoisotopic (exact) mass is 388 g/mol. The Labute approximate surface area is 165 Å². The van der Waals surface area contributed by atoms with Gasteiger partial charge >= 0.3 is 5.97 Å². The van der Waals surface area contributed by atoms with E-state index in [9.17, 15) is 19.7 Å². The molecule has 0 saturated carbocycles. The molecule has 0 heterocycles. The summed E-state index contributed by atoms with van der Waals surface area (Å²) in [6.45, 7) is 2.80. The second-order valence-corrected chi connectivity index (χ2v) is 6.86. The number of hydrogen-bond donors (Lipinski definition) is 0. The SMILES string of the molecule is CCOC(=O)CCN(CCC1=CCCCC1)C(=O)Cc1ccccc1[N+](=O)[O-]. The number of allylic oxidation sites excluding steroid dienone is 1. The first-order valence-electron chi connectivity index (χ1n) is 9.85. The average Bonchev–Trinajstić information content (AvgIpc) is 2.69. The molecule has 0 bridgehead atoms. The van der Waals surface area contributed by atoms with Crippen molar-refractivity contribution in [1.82, 2.24) is 4.90 Å². The molecule has 7 heteroatoms. The second-order valence-electron chi connectivity index (χ2n) is 6.86. The van der Waals surface area contributed by atoms with Gasteiger partial charge in [0.05, 0.1) is 24.4 Å². The number of para-hydroxylation sites is 1. The summed E-state index contributed by atoms with van der Waals surface area (Å²) in [4.78, 5) is 36.9. The zero-order valence-electron chi connectivity index (χ0n) is 16.4. The maximum absolute atomic E-state index is 12.9. The Morgan fingerprint density at radius 1 is 1.21 bits per heavy atom. The second kappa shape index (κ2) is 11.2. The predicted octanol–water partition coefficient (Wildman–Crippen LogP) is 3.81. The molecule has 0 fully saturated rings. The van der Waals surface area contributed by atoms with Crippen LogP contribution in [0.2, 0.25) is 0 Å². The van der Waals surface area contributed by atoms with Crippen LogP contribution in [0.25, 0.3) is 0 Å². The van der Waals surface area contributed by atoms with E-state index in [1.807, 2.05) is 0 Å². The smallest absolute Gasteiger partial charge is 0.307 e. The van der Waals surface area contributed by atoms with Crippen molar-refractivity contribution in [3.63, 3.8) is 0 Å². The highest BCUT2D eigenvalue weighted by atomic mass is 16.6. The van der Waals surface area contributed by atoms with Crippen LogP contribution in [-0.2, 0) is 20.7 Å². The van der Waals surface area contributed by atoms with Crippen LogP contribution in [0.4, 0.5) is 5.69 Å². The summed E-state index contributed by atoms with van der Waals surface area (Å²) in [6, 6.07) is 6.27. The van der Waals surface area contributed by atoms with Gasteiger partial charge in [-0.1, -0.05) is 29.8 Å². The lowest BCUT2D eigenvalue weighted by atomic mass is 9.97. The molecule has 1 aromatic rings. The van der Waals surface area contributed by atoms with Crippen LogP contribution in [0, 0.1) is 10.1 Å². The molecule has 0 aromatic heterocycles. The van der Waals surface area contributed by atoms with E-state index in [0.29, 0.717) is 18.7 Å². The minimum atomic E-state index is -0.474. The van der Waals surface area contributed by atoms with Crippen LogP contribution in [-0.4, -0.2) is 41.4 Å². The molecule has 1 amide bonds. The first kappa shape index (κ1) is 21.6. The van der Waals surface area contributed by atoms with E-state index in [0.717, 1.165) is 19.3 Å². The number of benzene rings is 1. The number of rotatable bonds is 10. The van der Waals surface area contributed by atoms with E-state index < -0.39 is 4.92 Å². The lowest BCUT2D eigenvalue weighted by Crippen LogP contribution is -2.35. The molecule has 1 aromatic carbocycles.